The number of guanidine groups is 1. The van der Waals surface area contributed by atoms with Gasteiger partial charge in [0.2, 0.25) is 0 Å². The largest absolute Gasteiger partial charge is 0.497 e. The molecule has 0 amide bonds. The summed E-state index contributed by atoms with van der Waals surface area (Å²) < 4.78 is 10.8. The first-order valence-electron chi connectivity index (χ1n) is 9.46. The summed E-state index contributed by atoms with van der Waals surface area (Å²) in [6.07, 6.45) is 0.861. The van der Waals surface area contributed by atoms with Crippen LogP contribution in [-0.2, 0) is 6.54 Å². The summed E-state index contributed by atoms with van der Waals surface area (Å²) in [5, 5.41) is 13.7. The molecule has 0 radical (unpaired) electrons. The van der Waals surface area contributed by atoms with Gasteiger partial charge >= 0.3 is 0 Å². The molecule has 0 atom stereocenters. The fraction of sp³-hybridized carbons (Fsp3) is 0.286. The maximum atomic E-state index is 5.68. The summed E-state index contributed by atoms with van der Waals surface area (Å²) >= 11 is 0. The van der Waals surface area contributed by atoms with Gasteiger partial charge in [-0.05, 0) is 42.8 Å². The molecule has 152 valence electrons. The summed E-state index contributed by atoms with van der Waals surface area (Å²) in [5.41, 5.74) is 0.925. The summed E-state index contributed by atoms with van der Waals surface area (Å²) in [7, 11) is 3.38. The first-order valence-corrected chi connectivity index (χ1v) is 9.46. The number of para-hydroxylation sites is 1. The summed E-state index contributed by atoms with van der Waals surface area (Å²) in [4.78, 5) is 8.73. The predicted molar refractivity (Wildman–Crippen MR) is 113 cm³/mol. The SMILES string of the molecule is CN=C(NCCCOc1ccccc1)NCc1nc(-c2ccc(OC)cc2)n[nH]1. The van der Waals surface area contributed by atoms with Gasteiger partial charge in [-0.1, -0.05) is 18.2 Å². The molecule has 8 heteroatoms. The number of nitrogens with zero attached hydrogens (tertiary/aromatic N) is 3. The van der Waals surface area contributed by atoms with Gasteiger partial charge in [0.15, 0.2) is 11.8 Å². The highest BCUT2D eigenvalue weighted by Crippen LogP contribution is 2.18. The third-order valence-corrected chi connectivity index (χ3v) is 4.15. The average molecular weight is 394 g/mol. The Hall–Kier alpha value is -3.55. The van der Waals surface area contributed by atoms with Gasteiger partial charge < -0.3 is 20.1 Å². The topological polar surface area (TPSA) is 96.5 Å². The van der Waals surface area contributed by atoms with Crippen LogP contribution in [0.4, 0.5) is 0 Å². The van der Waals surface area contributed by atoms with Crippen molar-refractivity contribution in [3.8, 4) is 22.9 Å². The van der Waals surface area contributed by atoms with Crippen molar-refractivity contribution < 1.29 is 9.47 Å². The molecule has 0 saturated carbocycles. The third-order valence-electron chi connectivity index (χ3n) is 4.15. The lowest BCUT2D eigenvalue weighted by atomic mass is 10.2. The van der Waals surface area contributed by atoms with Gasteiger partial charge in [-0.15, -0.1) is 0 Å². The lowest BCUT2D eigenvalue weighted by Crippen LogP contribution is -2.37. The van der Waals surface area contributed by atoms with Crippen LogP contribution in [0.1, 0.15) is 12.2 Å². The number of methoxy groups -OCH3 is 1. The highest BCUT2D eigenvalue weighted by Gasteiger charge is 2.07. The van der Waals surface area contributed by atoms with Gasteiger partial charge in [-0.25, -0.2) is 4.98 Å². The second-order valence-corrected chi connectivity index (χ2v) is 6.20. The molecule has 0 aliphatic heterocycles. The molecule has 0 aliphatic carbocycles. The van der Waals surface area contributed by atoms with Gasteiger partial charge in [0.05, 0.1) is 20.3 Å². The van der Waals surface area contributed by atoms with E-state index in [1.165, 1.54) is 0 Å². The zero-order valence-electron chi connectivity index (χ0n) is 16.7. The molecule has 2 aromatic carbocycles. The maximum absolute atomic E-state index is 5.68. The van der Waals surface area contributed by atoms with E-state index in [2.05, 4.69) is 30.8 Å². The summed E-state index contributed by atoms with van der Waals surface area (Å²) in [6.45, 7) is 1.88. The van der Waals surface area contributed by atoms with Crippen LogP contribution in [0, 0.1) is 0 Å². The molecule has 0 saturated heterocycles. The molecular formula is C21H26N6O2. The highest BCUT2D eigenvalue weighted by molar-refractivity contribution is 5.79. The van der Waals surface area contributed by atoms with Crippen molar-refractivity contribution in [1.29, 1.82) is 0 Å². The molecule has 3 N–H and O–H groups in total. The molecule has 0 aliphatic rings. The van der Waals surface area contributed by atoms with Gasteiger partial charge in [-0.2, -0.15) is 5.10 Å². The van der Waals surface area contributed by atoms with E-state index in [0.29, 0.717) is 24.9 Å². The quantitative estimate of drug-likeness (QED) is 0.293. The van der Waals surface area contributed by atoms with Gasteiger partial charge in [-0.3, -0.25) is 10.1 Å². The normalized spacial score (nSPS) is 11.2. The Morgan fingerprint density at radius 1 is 1.03 bits per heavy atom. The second kappa shape index (κ2) is 10.7. The van der Waals surface area contributed by atoms with E-state index in [4.69, 9.17) is 9.47 Å². The van der Waals surface area contributed by atoms with E-state index >= 15 is 0 Å². The van der Waals surface area contributed by atoms with Crippen molar-refractivity contribution in [2.45, 2.75) is 13.0 Å². The Morgan fingerprint density at radius 2 is 1.83 bits per heavy atom. The molecule has 1 heterocycles. The van der Waals surface area contributed by atoms with E-state index in [9.17, 15) is 0 Å². The Morgan fingerprint density at radius 3 is 2.55 bits per heavy atom. The van der Waals surface area contributed by atoms with E-state index in [1.54, 1.807) is 14.2 Å². The number of nitrogens with one attached hydrogen (secondary N) is 3. The Bertz CT molecular complexity index is 893. The minimum atomic E-state index is 0.489. The molecular weight excluding hydrogens is 368 g/mol. The first-order chi connectivity index (χ1) is 14.3. The number of ether oxygens (including phenoxy) is 2. The zero-order valence-corrected chi connectivity index (χ0v) is 16.7. The summed E-state index contributed by atoms with van der Waals surface area (Å²) in [6, 6.07) is 17.4. The highest BCUT2D eigenvalue weighted by atomic mass is 16.5. The van der Waals surface area contributed by atoms with E-state index in [-0.39, 0.29) is 0 Å². The van der Waals surface area contributed by atoms with E-state index < -0.39 is 0 Å². The molecule has 0 unspecified atom stereocenters. The molecule has 8 nitrogen and oxygen atoms in total. The number of H-pyrrole nitrogens is 1. The van der Waals surface area contributed by atoms with Crippen LogP contribution in [0.25, 0.3) is 11.4 Å². The molecule has 1 aromatic heterocycles. The van der Waals surface area contributed by atoms with Gasteiger partial charge in [0.1, 0.15) is 17.3 Å². The van der Waals surface area contributed by atoms with Crippen LogP contribution in [0.3, 0.4) is 0 Å². The van der Waals surface area contributed by atoms with Gasteiger partial charge in [0.25, 0.3) is 0 Å². The minimum absolute atomic E-state index is 0.489. The average Bonchev–Trinajstić information content (AvgIpc) is 3.25. The minimum Gasteiger partial charge on any atom is -0.497 e. The van der Waals surface area contributed by atoms with Crippen LogP contribution in [-0.4, -0.2) is 48.5 Å². The number of aromatic amines is 1. The lowest BCUT2D eigenvalue weighted by Gasteiger charge is -2.11. The molecule has 3 aromatic rings. The van der Waals surface area contributed by atoms with E-state index in [0.717, 1.165) is 35.9 Å². The number of hydrogen-bond acceptors (Lipinski definition) is 5. The van der Waals surface area contributed by atoms with Crippen molar-refractivity contribution in [2.75, 3.05) is 27.3 Å². The monoisotopic (exact) mass is 394 g/mol. The molecule has 3 rings (SSSR count). The molecule has 0 spiro atoms. The van der Waals surface area contributed by atoms with E-state index in [1.807, 2.05) is 54.6 Å². The first kappa shape index (κ1) is 20.2. The maximum Gasteiger partial charge on any atom is 0.191 e. The van der Waals surface area contributed by atoms with Crippen molar-refractivity contribution in [1.82, 2.24) is 25.8 Å². The van der Waals surface area contributed by atoms with Crippen LogP contribution in [0.5, 0.6) is 11.5 Å². The molecule has 0 fully saturated rings. The van der Waals surface area contributed by atoms with Crippen LogP contribution >= 0.6 is 0 Å². The zero-order chi connectivity index (χ0) is 20.3. The van der Waals surface area contributed by atoms with Crippen LogP contribution in [0.2, 0.25) is 0 Å². The van der Waals surface area contributed by atoms with Crippen molar-refractivity contribution in [3.63, 3.8) is 0 Å². The Kier molecular flexibility index (Phi) is 7.45. The van der Waals surface area contributed by atoms with Crippen molar-refractivity contribution in [2.24, 2.45) is 4.99 Å². The van der Waals surface area contributed by atoms with Crippen molar-refractivity contribution >= 4 is 5.96 Å². The Balaban J connectivity index is 1.39. The second-order valence-electron chi connectivity index (χ2n) is 6.20. The smallest absolute Gasteiger partial charge is 0.191 e. The van der Waals surface area contributed by atoms with Crippen LogP contribution < -0.4 is 20.1 Å². The number of benzene rings is 2. The Labute approximate surface area is 170 Å². The fourth-order valence-electron chi connectivity index (χ4n) is 2.62. The third kappa shape index (κ3) is 6.24. The van der Waals surface area contributed by atoms with Crippen LogP contribution in [0.15, 0.2) is 59.6 Å². The standard InChI is InChI=1S/C21H26N6O2/c1-22-21(23-13-6-14-29-18-7-4-3-5-8-18)24-15-19-25-20(27-26-19)16-9-11-17(28-2)12-10-16/h3-5,7-12H,6,13-15H2,1-2H3,(H2,22,23,24)(H,25,26,27). The number of aromatic nitrogens is 3. The lowest BCUT2D eigenvalue weighted by molar-refractivity contribution is 0.311. The van der Waals surface area contributed by atoms with Gasteiger partial charge in [0, 0.05) is 19.2 Å². The summed E-state index contributed by atoms with van der Waals surface area (Å²) in [5.74, 6) is 3.76. The number of rotatable bonds is 9. The fourth-order valence-corrected chi connectivity index (χ4v) is 2.62. The predicted octanol–water partition coefficient (Wildman–Crippen LogP) is 2.61. The molecule has 29 heavy (non-hydrogen) atoms. The number of aliphatic imine (C=N–C) groups is 1. The number of hydrogen-bond donors (Lipinski definition) is 3. The molecule has 0 bridgehead atoms. The van der Waals surface area contributed by atoms with Crippen molar-refractivity contribution in [3.05, 3.63) is 60.4 Å².